The van der Waals surface area contributed by atoms with Crippen LogP contribution in [0.2, 0.25) is 0 Å². The first-order valence-electron chi connectivity index (χ1n) is 5.82. The molecule has 0 aromatic carbocycles. The molecule has 1 aliphatic heterocycles. The molecule has 1 rings (SSSR count). The number of hydrogen-bond donors (Lipinski definition) is 1. The van der Waals surface area contributed by atoms with Crippen LogP contribution in [-0.2, 0) is 9.47 Å². The van der Waals surface area contributed by atoms with Crippen LogP contribution < -0.4 is 0 Å². The molecule has 1 fully saturated rings. The van der Waals surface area contributed by atoms with Crippen LogP contribution in [0.15, 0.2) is 0 Å². The Balaban J connectivity index is 2.22. The Hall–Kier alpha value is -0.160. The summed E-state index contributed by atoms with van der Waals surface area (Å²) < 4.78 is 10.7. The highest BCUT2D eigenvalue weighted by molar-refractivity contribution is 4.70. The highest BCUT2D eigenvalue weighted by Crippen LogP contribution is 2.06. The van der Waals surface area contributed by atoms with Crippen LogP contribution in [-0.4, -0.2) is 61.7 Å². The van der Waals surface area contributed by atoms with E-state index in [-0.39, 0.29) is 12.2 Å². The Morgan fingerprint density at radius 2 is 2.40 bits per heavy atom. The molecule has 90 valence electrons. The predicted molar refractivity (Wildman–Crippen MR) is 59.0 cm³/mol. The first kappa shape index (κ1) is 12.9. The van der Waals surface area contributed by atoms with Gasteiger partial charge in [-0.25, -0.2) is 0 Å². The maximum absolute atomic E-state index is 9.70. The predicted octanol–water partition coefficient (Wildman–Crippen LogP) is 0.495. The molecule has 2 atom stereocenters. The van der Waals surface area contributed by atoms with Crippen molar-refractivity contribution in [3.63, 3.8) is 0 Å². The van der Waals surface area contributed by atoms with Gasteiger partial charge in [-0.15, -0.1) is 0 Å². The van der Waals surface area contributed by atoms with Crippen molar-refractivity contribution in [1.29, 1.82) is 0 Å². The molecule has 0 amide bonds. The van der Waals surface area contributed by atoms with Crippen molar-refractivity contribution in [2.75, 3.05) is 39.5 Å². The number of hydrogen-bond acceptors (Lipinski definition) is 4. The molecular weight excluding hydrogens is 194 g/mol. The van der Waals surface area contributed by atoms with Crippen molar-refractivity contribution in [2.24, 2.45) is 0 Å². The summed E-state index contributed by atoms with van der Waals surface area (Å²) in [6.07, 6.45) is 0.938. The van der Waals surface area contributed by atoms with E-state index in [1.165, 1.54) is 0 Å². The Kier molecular flexibility index (Phi) is 6.17. The SMILES string of the molecule is CCOCC(O)CN1CCCOC(C)C1. The Bertz CT molecular complexity index is 166. The molecule has 0 aliphatic carbocycles. The van der Waals surface area contributed by atoms with Gasteiger partial charge in [-0.2, -0.15) is 0 Å². The molecule has 2 unspecified atom stereocenters. The summed E-state index contributed by atoms with van der Waals surface area (Å²) in [5, 5.41) is 9.70. The minimum absolute atomic E-state index is 0.270. The van der Waals surface area contributed by atoms with E-state index in [4.69, 9.17) is 9.47 Å². The number of aliphatic hydroxyl groups excluding tert-OH is 1. The van der Waals surface area contributed by atoms with Gasteiger partial charge in [0.1, 0.15) is 0 Å². The van der Waals surface area contributed by atoms with E-state index in [9.17, 15) is 5.11 Å². The second-order valence-corrected chi connectivity index (χ2v) is 4.11. The van der Waals surface area contributed by atoms with Gasteiger partial charge in [0.05, 0.1) is 18.8 Å². The summed E-state index contributed by atoms with van der Waals surface area (Å²) in [7, 11) is 0. The van der Waals surface area contributed by atoms with E-state index in [0.29, 0.717) is 19.8 Å². The lowest BCUT2D eigenvalue weighted by Crippen LogP contribution is -2.38. The molecule has 1 aliphatic rings. The van der Waals surface area contributed by atoms with Crippen LogP contribution >= 0.6 is 0 Å². The highest BCUT2D eigenvalue weighted by Gasteiger charge is 2.17. The van der Waals surface area contributed by atoms with E-state index in [0.717, 1.165) is 26.1 Å². The van der Waals surface area contributed by atoms with Crippen LogP contribution in [0.3, 0.4) is 0 Å². The maximum Gasteiger partial charge on any atom is 0.0900 e. The van der Waals surface area contributed by atoms with Gasteiger partial charge in [0.2, 0.25) is 0 Å². The average molecular weight is 217 g/mol. The zero-order valence-electron chi connectivity index (χ0n) is 9.82. The Labute approximate surface area is 92.2 Å². The minimum atomic E-state index is -0.379. The quantitative estimate of drug-likeness (QED) is 0.728. The average Bonchev–Trinajstić information content (AvgIpc) is 2.39. The van der Waals surface area contributed by atoms with Crippen molar-refractivity contribution in [1.82, 2.24) is 4.90 Å². The molecule has 0 bridgehead atoms. The van der Waals surface area contributed by atoms with Gasteiger partial charge in [-0.3, -0.25) is 4.90 Å². The van der Waals surface area contributed by atoms with E-state index < -0.39 is 0 Å². The molecule has 15 heavy (non-hydrogen) atoms. The summed E-state index contributed by atoms with van der Waals surface area (Å²) in [5.74, 6) is 0. The lowest BCUT2D eigenvalue weighted by molar-refractivity contribution is 0.0142. The zero-order chi connectivity index (χ0) is 11.1. The molecule has 1 N–H and O–H groups in total. The monoisotopic (exact) mass is 217 g/mol. The molecule has 0 saturated carbocycles. The smallest absolute Gasteiger partial charge is 0.0900 e. The lowest BCUT2D eigenvalue weighted by atomic mass is 10.3. The van der Waals surface area contributed by atoms with Gasteiger partial charge in [-0.05, 0) is 20.3 Å². The fourth-order valence-electron chi connectivity index (χ4n) is 1.85. The van der Waals surface area contributed by atoms with Gasteiger partial charge >= 0.3 is 0 Å². The normalized spacial score (nSPS) is 26.2. The van der Waals surface area contributed by atoms with E-state index in [2.05, 4.69) is 11.8 Å². The Morgan fingerprint density at radius 3 is 3.13 bits per heavy atom. The molecule has 0 radical (unpaired) electrons. The standard InChI is InChI=1S/C11H23NO3/c1-3-14-9-11(13)8-12-5-4-6-15-10(2)7-12/h10-11,13H,3-9H2,1-2H3. The number of β-amino-alcohol motifs (C(OH)–C–C–N with tert-alkyl or cyclic N) is 1. The fourth-order valence-corrected chi connectivity index (χ4v) is 1.85. The summed E-state index contributed by atoms with van der Waals surface area (Å²) in [4.78, 5) is 2.25. The topological polar surface area (TPSA) is 41.9 Å². The molecule has 4 heteroatoms. The minimum Gasteiger partial charge on any atom is -0.389 e. The number of aliphatic hydroxyl groups is 1. The third-order valence-corrected chi connectivity index (χ3v) is 2.52. The van der Waals surface area contributed by atoms with E-state index >= 15 is 0 Å². The van der Waals surface area contributed by atoms with Gasteiger partial charge in [0.25, 0.3) is 0 Å². The number of rotatable bonds is 5. The summed E-state index contributed by atoms with van der Waals surface area (Å²) >= 11 is 0. The first-order valence-corrected chi connectivity index (χ1v) is 5.82. The van der Waals surface area contributed by atoms with E-state index in [1.54, 1.807) is 0 Å². The maximum atomic E-state index is 9.70. The molecular formula is C11H23NO3. The van der Waals surface area contributed by atoms with Crippen molar-refractivity contribution in [3.8, 4) is 0 Å². The van der Waals surface area contributed by atoms with Crippen LogP contribution in [0.1, 0.15) is 20.3 Å². The summed E-state index contributed by atoms with van der Waals surface area (Å²) in [6, 6.07) is 0. The molecule has 4 nitrogen and oxygen atoms in total. The number of ether oxygens (including phenoxy) is 2. The van der Waals surface area contributed by atoms with Crippen molar-refractivity contribution in [3.05, 3.63) is 0 Å². The molecule has 0 aromatic heterocycles. The van der Waals surface area contributed by atoms with Crippen molar-refractivity contribution >= 4 is 0 Å². The van der Waals surface area contributed by atoms with Gasteiger partial charge in [0, 0.05) is 32.8 Å². The van der Waals surface area contributed by atoms with Crippen LogP contribution in [0.4, 0.5) is 0 Å². The van der Waals surface area contributed by atoms with Crippen LogP contribution in [0.5, 0.6) is 0 Å². The fraction of sp³-hybridized carbons (Fsp3) is 1.00. The number of nitrogens with zero attached hydrogens (tertiary/aromatic N) is 1. The third-order valence-electron chi connectivity index (χ3n) is 2.52. The van der Waals surface area contributed by atoms with E-state index in [1.807, 2.05) is 6.92 Å². The van der Waals surface area contributed by atoms with Crippen molar-refractivity contribution < 1.29 is 14.6 Å². The van der Waals surface area contributed by atoms with Gasteiger partial charge < -0.3 is 14.6 Å². The second-order valence-electron chi connectivity index (χ2n) is 4.11. The largest absolute Gasteiger partial charge is 0.389 e. The highest BCUT2D eigenvalue weighted by atomic mass is 16.5. The van der Waals surface area contributed by atoms with Gasteiger partial charge in [-0.1, -0.05) is 0 Å². The zero-order valence-corrected chi connectivity index (χ0v) is 9.82. The molecule has 1 heterocycles. The second kappa shape index (κ2) is 7.17. The molecule has 0 spiro atoms. The van der Waals surface area contributed by atoms with Gasteiger partial charge in [0.15, 0.2) is 0 Å². The van der Waals surface area contributed by atoms with Crippen LogP contribution in [0, 0.1) is 0 Å². The summed E-state index contributed by atoms with van der Waals surface area (Å²) in [5.41, 5.74) is 0. The third kappa shape index (κ3) is 5.47. The summed E-state index contributed by atoms with van der Waals surface area (Å²) in [6.45, 7) is 8.55. The molecule has 0 aromatic rings. The molecule has 1 saturated heterocycles. The Morgan fingerprint density at radius 1 is 1.60 bits per heavy atom. The first-order chi connectivity index (χ1) is 7.22. The lowest BCUT2D eigenvalue weighted by Gasteiger charge is -2.24. The van der Waals surface area contributed by atoms with Crippen molar-refractivity contribution in [2.45, 2.75) is 32.5 Å². The van der Waals surface area contributed by atoms with Crippen LogP contribution in [0.25, 0.3) is 0 Å².